The van der Waals surface area contributed by atoms with E-state index in [2.05, 4.69) is 30.8 Å². The molecule has 0 unspecified atom stereocenters. The number of rotatable bonds is 2. The zero-order chi connectivity index (χ0) is 15.8. The van der Waals surface area contributed by atoms with Crippen LogP contribution >= 0.6 is 0 Å². The van der Waals surface area contributed by atoms with Crippen LogP contribution in [0.1, 0.15) is 0 Å². The largest absolute Gasteiger partial charge is 0.423 e. The Bertz CT molecular complexity index is 1080. The molecular weight excluding hydrogens is 284 g/mol. The van der Waals surface area contributed by atoms with E-state index in [0.29, 0.717) is 5.75 Å². The lowest BCUT2D eigenvalue weighted by Crippen LogP contribution is -2.02. The van der Waals surface area contributed by atoms with Crippen molar-refractivity contribution in [3.63, 3.8) is 0 Å². The van der Waals surface area contributed by atoms with Crippen LogP contribution in [-0.2, 0) is 4.79 Å². The number of hydrogen-bond donors (Lipinski definition) is 0. The van der Waals surface area contributed by atoms with Crippen molar-refractivity contribution in [2.75, 3.05) is 0 Å². The van der Waals surface area contributed by atoms with Gasteiger partial charge in [-0.15, -0.1) is 0 Å². The molecule has 4 aromatic carbocycles. The second-order valence-corrected chi connectivity index (χ2v) is 5.43. The van der Waals surface area contributed by atoms with E-state index in [1.54, 1.807) is 0 Å². The molecule has 0 saturated carbocycles. The molecule has 23 heavy (non-hydrogen) atoms. The summed E-state index contributed by atoms with van der Waals surface area (Å²) in [5.41, 5.74) is 0. The van der Waals surface area contributed by atoms with Gasteiger partial charge in [0.15, 0.2) is 0 Å². The maximum Gasteiger partial charge on any atom is 0.335 e. The van der Waals surface area contributed by atoms with Gasteiger partial charge in [-0.3, -0.25) is 0 Å². The third-order valence-corrected chi connectivity index (χ3v) is 4.09. The van der Waals surface area contributed by atoms with E-state index in [1.807, 2.05) is 42.5 Å². The fraction of sp³-hybridized carbons (Fsp3) is 0. The maximum atomic E-state index is 11.6. The Morgan fingerprint density at radius 2 is 1.61 bits per heavy atom. The summed E-state index contributed by atoms with van der Waals surface area (Å²) < 4.78 is 5.42. The molecule has 0 heterocycles. The second-order valence-electron chi connectivity index (χ2n) is 5.43. The Morgan fingerprint density at radius 1 is 0.826 bits per heavy atom. The fourth-order valence-corrected chi connectivity index (χ4v) is 3.08. The van der Waals surface area contributed by atoms with Crippen LogP contribution in [0.2, 0.25) is 0 Å². The van der Waals surface area contributed by atoms with Gasteiger partial charge in [-0.1, -0.05) is 61.2 Å². The molecule has 0 N–H and O–H groups in total. The zero-order valence-corrected chi connectivity index (χ0v) is 12.5. The number of hydrogen-bond acceptors (Lipinski definition) is 2. The molecule has 110 valence electrons. The molecule has 0 radical (unpaired) electrons. The van der Waals surface area contributed by atoms with Gasteiger partial charge in [0.1, 0.15) is 5.75 Å². The van der Waals surface area contributed by atoms with Gasteiger partial charge in [0, 0.05) is 11.5 Å². The van der Waals surface area contributed by atoms with Gasteiger partial charge < -0.3 is 4.74 Å². The van der Waals surface area contributed by atoms with E-state index >= 15 is 0 Å². The van der Waals surface area contributed by atoms with E-state index in [4.69, 9.17) is 4.74 Å². The molecule has 0 atom stereocenters. The fourth-order valence-electron chi connectivity index (χ4n) is 3.08. The van der Waals surface area contributed by atoms with Crippen molar-refractivity contribution in [3.05, 3.63) is 79.4 Å². The van der Waals surface area contributed by atoms with Gasteiger partial charge in [0.05, 0.1) is 0 Å². The molecule has 0 aromatic heterocycles. The van der Waals surface area contributed by atoms with E-state index < -0.39 is 5.97 Å². The van der Waals surface area contributed by atoms with Crippen LogP contribution in [0.4, 0.5) is 0 Å². The van der Waals surface area contributed by atoms with Crippen molar-refractivity contribution in [1.29, 1.82) is 0 Å². The smallest absolute Gasteiger partial charge is 0.335 e. The average molecular weight is 298 g/mol. The highest BCUT2D eigenvalue weighted by atomic mass is 16.5. The first-order valence-corrected chi connectivity index (χ1v) is 7.45. The molecule has 0 spiro atoms. The monoisotopic (exact) mass is 298 g/mol. The third-order valence-electron chi connectivity index (χ3n) is 4.09. The molecule has 0 amide bonds. The van der Waals surface area contributed by atoms with Crippen molar-refractivity contribution in [3.8, 4) is 5.75 Å². The minimum Gasteiger partial charge on any atom is -0.423 e. The topological polar surface area (TPSA) is 26.3 Å². The number of carbonyl (C=O) groups is 1. The predicted octanol–water partition coefficient (Wildman–Crippen LogP) is 5.24. The minimum absolute atomic E-state index is 0.445. The van der Waals surface area contributed by atoms with Crippen LogP contribution in [0, 0.1) is 0 Å². The highest BCUT2D eigenvalue weighted by Crippen LogP contribution is 2.38. The molecular formula is C21H14O2. The quantitative estimate of drug-likeness (QED) is 0.374. The van der Waals surface area contributed by atoms with Gasteiger partial charge in [-0.05, 0) is 39.1 Å². The van der Waals surface area contributed by atoms with Crippen LogP contribution in [0.15, 0.2) is 79.4 Å². The van der Waals surface area contributed by atoms with Crippen LogP contribution in [-0.4, -0.2) is 5.97 Å². The summed E-state index contributed by atoms with van der Waals surface area (Å²) in [5, 5.41) is 6.59. The number of fused-ring (bicyclic) bond motifs is 5. The predicted molar refractivity (Wildman–Crippen MR) is 94.8 cm³/mol. The van der Waals surface area contributed by atoms with Crippen molar-refractivity contribution < 1.29 is 9.53 Å². The molecule has 2 nitrogen and oxygen atoms in total. The molecule has 0 bridgehead atoms. The molecule has 0 aliphatic carbocycles. The molecule has 0 aliphatic heterocycles. The number of carbonyl (C=O) groups excluding carboxylic acids is 1. The number of esters is 1. The minimum atomic E-state index is -0.445. The Kier molecular flexibility index (Phi) is 3.09. The van der Waals surface area contributed by atoms with Crippen LogP contribution < -0.4 is 4.74 Å². The third kappa shape index (κ3) is 2.16. The van der Waals surface area contributed by atoms with Crippen molar-refractivity contribution in [2.24, 2.45) is 0 Å². The van der Waals surface area contributed by atoms with Crippen molar-refractivity contribution in [2.45, 2.75) is 0 Å². The van der Waals surface area contributed by atoms with E-state index in [0.717, 1.165) is 21.5 Å². The van der Waals surface area contributed by atoms with Gasteiger partial charge in [0.25, 0.3) is 0 Å². The van der Waals surface area contributed by atoms with E-state index in [9.17, 15) is 4.79 Å². The van der Waals surface area contributed by atoms with Crippen LogP contribution in [0.25, 0.3) is 32.3 Å². The summed E-state index contributed by atoms with van der Waals surface area (Å²) in [6.07, 6.45) is 1.18. The Hall–Kier alpha value is -3.13. The first-order chi connectivity index (χ1) is 11.3. The van der Waals surface area contributed by atoms with Gasteiger partial charge in [-0.2, -0.15) is 0 Å². The first kappa shape index (κ1) is 13.5. The maximum absolute atomic E-state index is 11.6. The molecule has 0 aliphatic rings. The van der Waals surface area contributed by atoms with E-state index in [-0.39, 0.29) is 0 Å². The van der Waals surface area contributed by atoms with Gasteiger partial charge >= 0.3 is 5.97 Å². The Morgan fingerprint density at radius 3 is 2.48 bits per heavy atom. The van der Waals surface area contributed by atoms with Crippen molar-refractivity contribution in [1.82, 2.24) is 0 Å². The summed E-state index contributed by atoms with van der Waals surface area (Å²) in [6.45, 7) is 3.46. The summed E-state index contributed by atoms with van der Waals surface area (Å²) in [7, 11) is 0. The molecule has 2 heteroatoms. The first-order valence-electron chi connectivity index (χ1n) is 7.45. The van der Waals surface area contributed by atoms with Gasteiger partial charge in [0.2, 0.25) is 0 Å². The van der Waals surface area contributed by atoms with Crippen molar-refractivity contribution >= 4 is 38.3 Å². The summed E-state index contributed by atoms with van der Waals surface area (Å²) in [4.78, 5) is 11.6. The lowest BCUT2D eigenvalue weighted by Gasteiger charge is -1.99. The SMILES string of the molecule is C=CC(=O)Oc1ccc2cccc3c4cccccc4cc3c12. The molecule has 0 fully saturated rings. The summed E-state index contributed by atoms with van der Waals surface area (Å²) in [6, 6.07) is 22.4. The summed E-state index contributed by atoms with van der Waals surface area (Å²) >= 11 is 0. The zero-order valence-electron chi connectivity index (χ0n) is 12.5. The lowest BCUT2D eigenvalue weighted by atomic mass is 10.2. The average Bonchev–Trinajstić information content (AvgIpc) is 2.92. The highest BCUT2D eigenvalue weighted by Gasteiger charge is 2.12. The molecule has 4 aromatic rings. The van der Waals surface area contributed by atoms with Crippen LogP contribution in [0.5, 0.6) is 5.75 Å². The van der Waals surface area contributed by atoms with Gasteiger partial charge in [-0.25, -0.2) is 4.79 Å². The Labute approximate surface area is 133 Å². The standard InChI is InChI=1S/C21H14O2/c1-2-20(22)23-19-12-11-14-8-6-10-17-16-9-5-3-4-7-15(16)13-18(17)21(14)19/h2-13H,1H2. The number of ether oxygens (including phenoxy) is 1. The molecule has 4 rings (SSSR count). The second kappa shape index (κ2) is 5.25. The highest BCUT2D eigenvalue weighted by molar-refractivity contribution is 6.21. The van der Waals surface area contributed by atoms with Crippen LogP contribution in [0.3, 0.4) is 0 Å². The molecule has 0 saturated heterocycles. The summed E-state index contributed by atoms with van der Waals surface area (Å²) in [5.74, 6) is 0.130. The Balaban J connectivity index is 2.15. The lowest BCUT2D eigenvalue weighted by molar-refractivity contribution is -0.128. The normalized spacial score (nSPS) is 11.0. The van der Waals surface area contributed by atoms with E-state index in [1.165, 1.54) is 16.8 Å².